The minimum absolute atomic E-state index is 0.00379. The van der Waals surface area contributed by atoms with Gasteiger partial charge in [-0.3, -0.25) is 4.79 Å². The molecule has 0 aliphatic rings. The summed E-state index contributed by atoms with van der Waals surface area (Å²) in [4.78, 5) is 19.7. The van der Waals surface area contributed by atoms with Gasteiger partial charge in [0, 0.05) is 23.3 Å². The second-order valence-corrected chi connectivity index (χ2v) is 37.4. The molecule has 1 heterocycles. The fraction of sp³-hybridized carbons (Fsp3) is 0.826. The molecule has 0 aromatic carbocycles. The van der Waals surface area contributed by atoms with Crippen molar-refractivity contribution in [1.29, 1.82) is 0 Å². The summed E-state index contributed by atoms with van der Waals surface area (Å²) in [5.74, 6) is 0.132. The third-order valence-electron chi connectivity index (χ3n) is 13.7. The van der Waals surface area contributed by atoms with Crippen molar-refractivity contribution in [1.82, 2.24) is 4.98 Å². The predicted octanol–water partition coefficient (Wildman–Crippen LogP) is 14.2. The van der Waals surface area contributed by atoms with Crippen molar-refractivity contribution in [3.63, 3.8) is 0 Å². The standard InChI is InChI=1S/C46H89NO5SSi3/c1-23-38(42(49)46(15,16)40(29-30-48)51-55(19,20)44(9,10)11)41(52-56(21,22)45(12,13)14)34(3)26-24-25-33(2)27-28-39(50-54(17,18)43(6,7)8)35(4)31-37-32-53-36(5)47-37/h27,31-32,34,38-41,48H,23-26,28-30H2,1-22H3/t34-,38+,39-,40-,41-/m0/s1. The van der Waals surface area contributed by atoms with Gasteiger partial charge in [-0.2, -0.15) is 0 Å². The van der Waals surface area contributed by atoms with Crippen LogP contribution >= 0.6 is 11.3 Å². The number of hydrogen-bond acceptors (Lipinski definition) is 7. The van der Waals surface area contributed by atoms with Crippen LogP contribution in [0.2, 0.25) is 54.4 Å². The molecule has 0 aliphatic carbocycles. The number of aromatic nitrogens is 1. The van der Waals surface area contributed by atoms with E-state index in [1.54, 1.807) is 11.3 Å². The van der Waals surface area contributed by atoms with Crippen molar-refractivity contribution in [3.05, 3.63) is 33.3 Å². The van der Waals surface area contributed by atoms with E-state index in [1.165, 1.54) is 11.1 Å². The molecule has 0 fully saturated rings. The highest BCUT2D eigenvalue weighted by Gasteiger charge is 2.50. The number of aliphatic hydroxyl groups excluding tert-OH is 1. The molecule has 0 saturated heterocycles. The van der Waals surface area contributed by atoms with Crippen LogP contribution in [0.1, 0.15) is 153 Å². The monoisotopic (exact) mass is 852 g/mol. The summed E-state index contributed by atoms with van der Waals surface area (Å²) in [6.07, 6.45) is 9.02. The van der Waals surface area contributed by atoms with Crippen LogP contribution in [-0.4, -0.2) is 65.7 Å². The highest BCUT2D eigenvalue weighted by atomic mass is 32.1. The fourth-order valence-electron chi connectivity index (χ4n) is 6.44. The lowest BCUT2D eigenvalue weighted by molar-refractivity contribution is -0.142. The number of carbonyl (C=O) groups excluding carboxylic acids is 1. The number of aliphatic hydroxyl groups is 1. The molecule has 10 heteroatoms. The van der Waals surface area contributed by atoms with Crippen LogP contribution in [0.25, 0.3) is 6.08 Å². The number of Topliss-reactive ketones (excluding diaryl/α,β-unsaturated/α-hetero) is 1. The zero-order chi connectivity index (χ0) is 43.9. The lowest BCUT2D eigenvalue weighted by atomic mass is 9.71. The molecule has 0 amide bonds. The minimum atomic E-state index is -2.23. The summed E-state index contributed by atoms with van der Waals surface area (Å²) in [5, 5.41) is 13.5. The van der Waals surface area contributed by atoms with E-state index in [0.717, 1.165) is 36.4 Å². The van der Waals surface area contributed by atoms with Gasteiger partial charge < -0.3 is 18.4 Å². The van der Waals surface area contributed by atoms with Crippen molar-refractivity contribution in [2.45, 2.75) is 222 Å². The van der Waals surface area contributed by atoms with Gasteiger partial charge in [0.2, 0.25) is 0 Å². The maximum absolute atomic E-state index is 15.0. The maximum atomic E-state index is 15.0. The zero-order valence-electron chi connectivity index (χ0n) is 40.5. The predicted molar refractivity (Wildman–Crippen MR) is 252 cm³/mol. The van der Waals surface area contributed by atoms with E-state index in [0.29, 0.717) is 12.8 Å². The summed E-state index contributed by atoms with van der Waals surface area (Å²) in [6.45, 7) is 49.2. The van der Waals surface area contributed by atoms with E-state index in [1.807, 2.05) is 13.8 Å². The number of aryl methyl sites for hydroxylation is 1. The molecule has 1 rings (SSSR count). The third-order valence-corrected chi connectivity index (χ3v) is 28.0. The zero-order valence-corrected chi connectivity index (χ0v) is 44.3. The van der Waals surface area contributed by atoms with Gasteiger partial charge in [0.05, 0.1) is 29.0 Å². The van der Waals surface area contributed by atoms with Gasteiger partial charge in [-0.05, 0) is 131 Å². The summed E-state index contributed by atoms with van der Waals surface area (Å²) in [6, 6.07) is 0. The molecular weight excluding hydrogens is 763 g/mol. The average molecular weight is 853 g/mol. The molecule has 0 unspecified atom stereocenters. The van der Waals surface area contributed by atoms with E-state index in [-0.39, 0.29) is 57.7 Å². The Morgan fingerprint density at radius 1 is 0.839 bits per heavy atom. The fourth-order valence-corrected chi connectivity index (χ4v) is 11.3. The lowest BCUT2D eigenvalue weighted by Crippen LogP contribution is -2.54. The molecule has 0 aliphatic heterocycles. The largest absolute Gasteiger partial charge is 0.413 e. The maximum Gasteiger partial charge on any atom is 0.192 e. The first-order chi connectivity index (χ1) is 25.1. The Balaban J connectivity index is 3.40. The molecule has 1 aromatic heterocycles. The number of rotatable bonds is 22. The van der Waals surface area contributed by atoms with Crippen LogP contribution in [0.4, 0.5) is 0 Å². The highest BCUT2D eigenvalue weighted by Crippen LogP contribution is 2.45. The van der Waals surface area contributed by atoms with Crippen molar-refractivity contribution in [2.24, 2.45) is 17.3 Å². The SMILES string of the molecule is CC[C@@H](C(=O)C(C)(C)[C@H](CCO)O[Si](C)(C)C(C)(C)C)[C@@H](O[Si](C)(C)C(C)(C)C)[C@@H](C)CCCC(C)=CC[C@H](O[Si](C)(C)C(C)(C)C)C(C)=Cc1csc(C)n1. The van der Waals surface area contributed by atoms with E-state index < -0.39 is 30.4 Å². The van der Waals surface area contributed by atoms with Crippen LogP contribution in [0.5, 0.6) is 0 Å². The number of hydrogen-bond donors (Lipinski definition) is 1. The normalized spacial score (nSPS) is 17.5. The van der Waals surface area contributed by atoms with Gasteiger partial charge in [-0.25, -0.2) is 4.98 Å². The Morgan fingerprint density at radius 2 is 1.34 bits per heavy atom. The van der Waals surface area contributed by atoms with E-state index >= 15 is 0 Å². The molecule has 1 aromatic rings. The van der Waals surface area contributed by atoms with Crippen LogP contribution in [0.15, 0.2) is 22.6 Å². The molecule has 56 heavy (non-hydrogen) atoms. The molecule has 0 saturated carbocycles. The van der Waals surface area contributed by atoms with Gasteiger partial charge in [0.15, 0.2) is 25.0 Å². The molecule has 0 spiro atoms. The first-order valence-electron chi connectivity index (χ1n) is 21.6. The second kappa shape index (κ2) is 20.7. The van der Waals surface area contributed by atoms with Gasteiger partial charge in [-0.15, -0.1) is 11.3 Å². The molecule has 0 radical (unpaired) electrons. The smallest absolute Gasteiger partial charge is 0.192 e. The number of carbonyl (C=O) groups is 1. The Morgan fingerprint density at radius 3 is 1.79 bits per heavy atom. The molecular formula is C46H89NO5SSi3. The van der Waals surface area contributed by atoms with Crippen molar-refractivity contribution >= 4 is 48.1 Å². The summed E-state index contributed by atoms with van der Waals surface area (Å²) in [7, 11) is -6.45. The first kappa shape index (κ1) is 53.3. The number of nitrogens with zero attached hydrogens (tertiary/aromatic N) is 1. The molecule has 5 atom stereocenters. The van der Waals surface area contributed by atoms with Gasteiger partial charge in [0.1, 0.15) is 5.78 Å². The summed E-state index contributed by atoms with van der Waals surface area (Å²) < 4.78 is 21.3. The minimum Gasteiger partial charge on any atom is -0.413 e. The number of ketones is 1. The lowest BCUT2D eigenvalue weighted by Gasteiger charge is -2.47. The van der Waals surface area contributed by atoms with Crippen LogP contribution in [0.3, 0.4) is 0 Å². The van der Waals surface area contributed by atoms with Crippen molar-refractivity contribution < 1.29 is 23.2 Å². The quantitative estimate of drug-likeness (QED) is 0.0925. The number of allylic oxidation sites excluding steroid dienone is 1. The summed E-state index contributed by atoms with van der Waals surface area (Å²) in [5.41, 5.74) is 2.83. The summed E-state index contributed by atoms with van der Waals surface area (Å²) >= 11 is 1.68. The molecule has 326 valence electrons. The molecule has 6 nitrogen and oxygen atoms in total. The Labute approximate surface area is 353 Å². The van der Waals surface area contributed by atoms with Crippen molar-refractivity contribution in [2.75, 3.05) is 6.61 Å². The van der Waals surface area contributed by atoms with Crippen LogP contribution in [-0.2, 0) is 18.1 Å². The highest BCUT2D eigenvalue weighted by molar-refractivity contribution is 7.09. The third kappa shape index (κ3) is 15.1. The Bertz CT molecular complexity index is 1440. The van der Waals surface area contributed by atoms with Crippen LogP contribution in [0, 0.1) is 24.2 Å². The molecule has 0 bridgehead atoms. The number of thiazole rings is 1. The van der Waals surface area contributed by atoms with Crippen molar-refractivity contribution in [3.8, 4) is 0 Å². The van der Waals surface area contributed by atoms with E-state index in [4.69, 9.17) is 18.3 Å². The Hall–Kier alpha value is -0.729. The van der Waals surface area contributed by atoms with E-state index in [9.17, 15) is 9.90 Å². The average Bonchev–Trinajstić information content (AvgIpc) is 3.44. The Kier molecular flexibility index (Phi) is 19.7. The van der Waals surface area contributed by atoms with Gasteiger partial charge >= 0.3 is 0 Å². The van der Waals surface area contributed by atoms with Gasteiger partial charge in [-0.1, -0.05) is 102 Å². The topological polar surface area (TPSA) is 77.9 Å². The van der Waals surface area contributed by atoms with Crippen LogP contribution < -0.4 is 0 Å². The first-order valence-corrected chi connectivity index (χ1v) is 31.2. The molecule has 1 N–H and O–H groups in total. The van der Waals surface area contributed by atoms with Gasteiger partial charge in [0.25, 0.3) is 0 Å². The van der Waals surface area contributed by atoms with E-state index in [2.05, 4.69) is 154 Å². The second-order valence-electron chi connectivity index (χ2n) is 22.0.